The molecule has 2 saturated heterocycles. The molecule has 0 aliphatic carbocycles. The quantitative estimate of drug-likeness (QED) is 0.601. The number of carbonyl (C=O) groups is 2. The lowest BCUT2D eigenvalue weighted by Crippen LogP contribution is -2.46. The van der Waals surface area contributed by atoms with Crippen molar-refractivity contribution in [1.29, 1.82) is 0 Å². The van der Waals surface area contributed by atoms with Gasteiger partial charge in [-0.2, -0.15) is 0 Å². The van der Waals surface area contributed by atoms with Gasteiger partial charge in [-0.1, -0.05) is 17.3 Å². The highest BCUT2D eigenvalue weighted by molar-refractivity contribution is 5.91. The van der Waals surface area contributed by atoms with Gasteiger partial charge in [0.25, 0.3) is 0 Å². The van der Waals surface area contributed by atoms with Gasteiger partial charge in [0, 0.05) is 38.8 Å². The summed E-state index contributed by atoms with van der Waals surface area (Å²) in [6.45, 7) is 4.40. The molecular weight excluding hydrogens is 477 g/mol. The Morgan fingerprint density at radius 3 is 2.31 bits per heavy atom. The maximum absolute atomic E-state index is 13.1. The second-order valence-electron chi connectivity index (χ2n) is 9.43. The Kier molecular flexibility index (Phi) is 6.59. The lowest BCUT2D eigenvalue weighted by Gasteiger charge is -2.31. The smallest absolute Gasteiger partial charge is 0.406 e. The third kappa shape index (κ3) is 5.47. The summed E-state index contributed by atoms with van der Waals surface area (Å²) < 4.78 is 42.6. The molecule has 0 bridgehead atoms. The SMILES string of the molecule is O=C(/C=C/c1ccc(OC(F)(F)F)cc1)N1CC[C@@H]2CN(C(=O)N3CCn4nncc4C3)C[C@@H]2CC1. The number of nitrogens with zero attached hydrogens (tertiary/aromatic N) is 6. The van der Waals surface area contributed by atoms with Gasteiger partial charge in [0.15, 0.2) is 0 Å². The maximum atomic E-state index is 13.1. The monoisotopic (exact) mass is 504 g/mol. The standard InChI is InChI=1S/C24H27F3N6O3/c25-24(26,27)36-21-4-1-17(2-5-21)3-6-22(34)30-9-7-18-14-32(15-19(18)8-10-30)23(35)31-11-12-33-20(16-31)13-28-29-33/h1-6,13,18-19H,7-12,14-16H2/b6-3+/t18-,19+. The molecule has 0 saturated carbocycles. The summed E-state index contributed by atoms with van der Waals surface area (Å²) in [5.74, 6) is 0.279. The fourth-order valence-electron chi connectivity index (χ4n) is 5.22. The molecule has 0 radical (unpaired) electrons. The van der Waals surface area contributed by atoms with E-state index in [-0.39, 0.29) is 17.7 Å². The van der Waals surface area contributed by atoms with Crippen molar-refractivity contribution in [2.45, 2.75) is 32.3 Å². The molecule has 3 amide bonds. The van der Waals surface area contributed by atoms with E-state index >= 15 is 0 Å². The molecule has 36 heavy (non-hydrogen) atoms. The number of urea groups is 1. The third-order valence-corrected chi connectivity index (χ3v) is 7.13. The summed E-state index contributed by atoms with van der Waals surface area (Å²) in [5, 5.41) is 7.93. The molecule has 1 aromatic carbocycles. The largest absolute Gasteiger partial charge is 0.573 e. The molecule has 4 heterocycles. The first-order valence-electron chi connectivity index (χ1n) is 12.0. The van der Waals surface area contributed by atoms with Crippen LogP contribution in [0.15, 0.2) is 36.5 Å². The molecule has 3 aliphatic heterocycles. The average molecular weight is 505 g/mol. The number of hydrogen-bond acceptors (Lipinski definition) is 5. The van der Waals surface area contributed by atoms with Crippen molar-refractivity contribution >= 4 is 18.0 Å². The molecule has 12 heteroatoms. The first-order valence-corrected chi connectivity index (χ1v) is 12.0. The summed E-state index contributed by atoms with van der Waals surface area (Å²) >= 11 is 0. The predicted octanol–water partition coefficient (Wildman–Crippen LogP) is 3.00. The van der Waals surface area contributed by atoms with Gasteiger partial charge < -0.3 is 19.4 Å². The van der Waals surface area contributed by atoms with E-state index in [1.54, 1.807) is 17.2 Å². The number of aromatic nitrogens is 3. The Morgan fingerprint density at radius 1 is 0.944 bits per heavy atom. The molecule has 0 N–H and O–H groups in total. The molecular formula is C24H27F3N6O3. The Balaban J connectivity index is 1.11. The van der Waals surface area contributed by atoms with E-state index in [9.17, 15) is 22.8 Å². The van der Waals surface area contributed by atoms with Crippen LogP contribution in [0.1, 0.15) is 24.1 Å². The molecule has 1 aromatic heterocycles. The molecule has 0 unspecified atom stereocenters. The fraction of sp³-hybridized carbons (Fsp3) is 0.500. The van der Waals surface area contributed by atoms with Crippen LogP contribution in [0.2, 0.25) is 0 Å². The van der Waals surface area contributed by atoms with E-state index in [0.717, 1.165) is 18.5 Å². The highest BCUT2D eigenvalue weighted by atomic mass is 19.4. The maximum Gasteiger partial charge on any atom is 0.573 e. The van der Waals surface area contributed by atoms with Crippen LogP contribution in [0, 0.1) is 11.8 Å². The minimum Gasteiger partial charge on any atom is -0.406 e. The highest BCUT2D eigenvalue weighted by Gasteiger charge is 2.39. The van der Waals surface area contributed by atoms with Gasteiger partial charge in [-0.15, -0.1) is 18.3 Å². The number of alkyl halides is 3. The molecule has 9 nitrogen and oxygen atoms in total. The average Bonchev–Trinajstić information content (AvgIpc) is 3.44. The first kappa shape index (κ1) is 24.1. The summed E-state index contributed by atoms with van der Waals surface area (Å²) in [6.07, 6.45) is 1.66. The highest BCUT2D eigenvalue weighted by Crippen LogP contribution is 2.33. The molecule has 2 aromatic rings. The van der Waals surface area contributed by atoms with Gasteiger partial charge in [-0.25, -0.2) is 9.48 Å². The minimum atomic E-state index is -4.74. The number of carbonyl (C=O) groups excluding carboxylic acids is 2. The third-order valence-electron chi connectivity index (χ3n) is 7.13. The van der Waals surface area contributed by atoms with E-state index in [1.807, 2.05) is 14.5 Å². The van der Waals surface area contributed by atoms with E-state index in [0.29, 0.717) is 63.2 Å². The minimum absolute atomic E-state index is 0.0537. The van der Waals surface area contributed by atoms with Crippen LogP contribution in [-0.2, 0) is 17.9 Å². The van der Waals surface area contributed by atoms with Gasteiger partial charge in [0.1, 0.15) is 5.75 Å². The van der Waals surface area contributed by atoms with Crippen LogP contribution in [0.5, 0.6) is 5.75 Å². The normalized spacial score (nSPS) is 22.4. The van der Waals surface area contributed by atoms with Crippen molar-refractivity contribution in [3.63, 3.8) is 0 Å². The van der Waals surface area contributed by atoms with Crippen molar-refractivity contribution in [3.8, 4) is 5.75 Å². The number of halogens is 3. The van der Waals surface area contributed by atoms with Gasteiger partial charge >= 0.3 is 12.4 Å². The summed E-state index contributed by atoms with van der Waals surface area (Å²) in [5.41, 5.74) is 1.55. The molecule has 3 aliphatic rings. The first-order chi connectivity index (χ1) is 17.2. The fourth-order valence-corrected chi connectivity index (χ4v) is 5.22. The van der Waals surface area contributed by atoms with Crippen LogP contribution in [-0.4, -0.2) is 80.7 Å². The van der Waals surface area contributed by atoms with Crippen LogP contribution in [0.25, 0.3) is 6.08 Å². The Bertz CT molecular complexity index is 1120. The van der Waals surface area contributed by atoms with Crippen LogP contribution in [0.3, 0.4) is 0 Å². The van der Waals surface area contributed by atoms with Crippen LogP contribution < -0.4 is 4.74 Å². The molecule has 0 spiro atoms. The van der Waals surface area contributed by atoms with E-state index in [4.69, 9.17) is 0 Å². The zero-order chi connectivity index (χ0) is 25.3. The Labute approximate surface area is 206 Å². The molecule has 2 atom stereocenters. The van der Waals surface area contributed by atoms with E-state index in [2.05, 4.69) is 15.0 Å². The van der Waals surface area contributed by atoms with Crippen molar-refractivity contribution in [2.24, 2.45) is 11.8 Å². The summed E-state index contributed by atoms with van der Waals surface area (Å²) in [6, 6.07) is 5.42. The van der Waals surface area contributed by atoms with Gasteiger partial charge in [-0.3, -0.25) is 4.79 Å². The lowest BCUT2D eigenvalue weighted by molar-refractivity contribution is -0.274. The number of amides is 3. The predicted molar refractivity (Wildman–Crippen MR) is 122 cm³/mol. The van der Waals surface area contributed by atoms with E-state index < -0.39 is 6.36 Å². The van der Waals surface area contributed by atoms with Crippen LogP contribution >= 0.6 is 0 Å². The van der Waals surface area contributed by atoms with Gasteiger partial charge in [0.2, 0.25) is 5.91 Å². The summed E-state index contributed by atoms with van der Waals surface area (Å²) in [7, 11) is 0. The second kappa shape index (κ2) is 9.82. The lowest BCUT2D eigenvalue weighted by atomic mass is 9.92. The molecule has 192 valence electrons. The number of ether oxygens (including phenoxy) is 1. The van der Waals surface area contributed by atoms with E-state index in [1.165, 1.54) is 30.3 Å². The number of likely N-dealkylation sites (tertiary alicyclic amines) is 2. The number of fused-ring (bicyclic) bond motifs is 2. The number of hydrogen-bond donors (Lipinski definition) is 0. The van der Waals surface area contributed by atoms with Crippen molar-refractivity contribution in [3.05, 3.63) is 47.8 Å². The number of benzene rings is 1. The van der Waals surface area contributed by atoms with Crippen molar-refractivity contribution in [1.82, 2.24) is 29.7 Å². The van der Waals surface area contributed by atoms with Crippen molar-refractivity contribution < 1.29 is 27.5 Å². The zero-order valence-electron chi connectivity index (χ0n) is 19.6. The molecule has 5 rings (SSSR count). The second-order valence-corrected chi connectivity index (χ2v) is 9.43. The summed E-state index contributed by atoms with van der Waals surface area (Å²) in [4.78, 5) is 31.4. The zero-order valence-corrected chi connectivity index (χ0v) is 19.6. The van der Waals surface area contributed by atoms with Crippen LogP contribution in [0.4, 0.5) is 18.0 Å². The number of rotatable bonds is 3. The van der Waals surface area contributed by atoms with Gasteiger partial charge in [0.05, 0.1) is 25.0 Å². The van der Waals surface area contributed by atoms with Crippen molar-refractivity contribution in [2.75, 3.05) is 32.7 Å². The molecule has 2 fully saturated rings. The van der Waals surface area contributed by atoms with Gasteiger partial charge in [-0.05, 0) is 48.4 Å². The Morgan fingerprint density at radius 2 is 1.64 bits per heavy atom. The Hall–Kier alpha value is -3.57. The topological polar surface area (TPSA) is 83.8 Å².